The Balaban J connectivity index is 1.98. The molecule has 2 N–H and O–H groups in total. The molecule has 2 unspecified atom stereocenters. The molecule has 0 aromatic carbocycles. The molecule has 0 saturated carbocycles. The van der Waals surface area contributed by atoms with Crippen LogP contribution in [0.4, 0.5) is 0 Å². The number of hydrogen-bond donors (Lipinski definition) is 2. The van der Waals surface area contributed by atoms with Gasteiger partial charge in [-0.1, -0.05) is 6.92 Å². The summed E-state index contributed by atoms with van der Waals surface area (Å²) in [6, 6.07) is -0.778. The second kappa shape index (κ2) is 6.09. The Morgan fingerprint density at radius 2 is 2.15 bits per heavy atom. The molecule has 0 spiro atoms. The van der Waals surface area contributed by atoms with E-state index < -0.39 is 15.9 Å². The quantitative estimate of drug-likeness (QED) is 0.661. The Labute approximate surface area is 119 Å². The third kappa shape index (κ3) is 3.49. The van der Waals surface area contributed by atoms with E-state index in [1.54, 1.807) is 4.90 Å². The van der Waals surface area contributed by atoms with Crippen LogP contribution < -0.4 is 10.6 Å². The average molecular weight is 303 g/mol. The molecule has 0 aromatic rings. The highest BCUT2D eigenvalue weighted by atomic mass is 32.2. The maximum atomic E-state index is 12.3. The maximum Gasteiger partial charge on any atom is 0.242 e. The third-order valence-electron chi connectivity index (χ3n) is 3.76. The van der Waals surface area contributed by atoms with E-state index in [4.69, 9.17) is 0 Å². The van der Waals surface area contributed by atoms with Gasteiger partial charge in [-0.2, -0.15) is 0 Å². The molecule has 2 atom stereocenters. The lowest BCUT2D eigenvalue weighted by atomic mass is 10.1. The van der Waals surface area contributed by atoms with Crippen molar-refractivity contribution in [3.63, 3.8) is 0 Å². The summed E-state index contributed by atoms with van der Waals surface area (Å²) in [6.07, 6.45) is 0.691. The summed E-state index contributed by atoms with van der Waals surface area (Å²) in [7, 11) is -3.05. The first-order chi connectivity index (χ1) is 9.43. The molecule has 0 aliphatic carbocycles. The minimum absolute atomic E-state index is 0.00440. The molecular weight excluding hydrogens is 282 g/mol. The predicted octanol–water partition coefficient (Wildman–Crippen LogP) is -1.50. The maximum absolute atomic E-state index is 12.3. The zero-order valence-corrected chi connectivity index (χ0v) is 12.4. The van der Waals surface area contributed by atoms with Crippen molar-refractivity contribution < 1.29 is 18.0 Å². The van der Waals surface area contributed by atoms with Gasteiger partial charge in [0, 0.05) is 32.1 Å². The predicted molar refractivity (Wildman–Crippen MR) is 73.9 cm³/mol. The molecule has 2 heterocycles. The van der Waals surface area contributed by atoms with Crippen LogP contribution in [0.3, 0.4) is 0 Å². The van der Waals surface area contributed by atoms with E-state index in [-0.39, 0.29) is 35.8 Å². The van der Waals surface area contributed by atoms with Crippen LogP contribution in [0, 0.1) is 0 Å². The molecule has 0 aromatic heterocycles. The zero-order chi connectivity index (χ0) is 14.8. The van der Waals surface area contributed by atoms with Gasteiger partial charge in [0.05, 0.1) is 11.5 Å². The van der Waals surface area contributed by atoms with Gasteiger partial charge in [0.25, 0.3) is 0 Å². The number of amides is 2. The smallest absolute Gasteiger partial charge is 0.242 e. The van der Waals surface area contributed by atoms with Gasteiger partial charge in [-0.3, -0.25) is 9.59 Å². The first-order valence-corrected chi connectivity index (χ1v) is 8.76. The number of carbonyl (C=O) groups excluding carboxylic acids is 2. The summed E-state index contributed by atoms with van der Waals surface area (Å²) >= 11 is 0. The minimum atomic E-state index is -3.05. The number of nitrogens with one attached hydrogen (secondary N) is 2. The highest BCUT2D eigenvalue weighted by molar-refractivity contribution is 7.91. The number of rotatable bonds is 3. The van der Waals surface area contributed by atoms with Crippen LogP contribution in [0.5, 0.6) is 0 Å². The van der Waals surface area contributed by atoms with Crippen LogP contribution in [0.15, 0.2) is 0 Å². The van der Waals surface area contributed by atoms with Crippen molar-refractivity contribution in [1.29, 1.82) is 0 Å². The van der Waals surface area contributed by atoms with Gasteiger partial charge in [0.15, 0.2) is 9.84 Å². The fraction of sp³-hybridized carbons (Fsp3) is 0.833. The molecule has 2 saturated heterocycles. The summed E-state index contributed by atoms with van der Waals surface area (Å²) in [4.78, 5) is 25.6. The van der Waals surface area contributed by atoms with Crippen molar-refractivity contribution in [2.75, 3.05) is 31.1 Å². The van der Waals surface area contributed by atoms with E-state index in [1.165, 1.54) is 0 Å². The van der Waals surface area contributed by atoms with Gasteiger partial charge in [-0.15, -0.1) is 0 Å². The van der Waals surface area contributed by atoms with Crippen LogP contribution in [-0.4, -0.2) is 68.4 Å². The summed E-state index contributed by atoms with van der Waals surface area (Å²) < 4.78 is 23.1. The van der Waals surface area contributed by atoms with Gasteiger partial charge in [0.1, 0.15) is 6.04 Å². The van der Waals surface area contributed by atoms with Crippen molar-refractivity contribution in [2.24, 2.45) is 0 Å². The van der Waals surface area contributed by atoms with Crippen molar-refractivity contribution in [3.8, 4) is 0 Å². The minimum Gasteiger partial charge on any atom is -0.353 e. The fourth-order valence-corrected chi connectivity index (χ4v) is 4.19. The Hall–Kier alpha value is -1.15. The molecular formula is C12H21N3O4S. The van der Waals surface area contributed by atoms with E-state index in [0.717, 1.165) is 0 Å². The lowest BCUT2D eigenvalue weighted by Crippen LogP contribution is -2.58. The lowest BCUT2D eigenvalue weighted by molar-refractivity contribution is -0.143. The highest BCUT2D eigenvalue weighted by Gasteiger charge is 2.34. The molecule has 2 aliphatic rings. The molecule has 2 rings (SSSR count). The van der Waals surface area contributed by atoms with Gasteiger partial charge in [-0.05, 0) is 6.42 Å². The number of carbonyl (C=O) groups is 2. The van der Waals surface area contributed by atoms with Crippen molar-refractivity contribution in [1.82, 2.24) is 15.5 Å². The summed E-state index contributed by atoms with van der Waals surface area (Å²) in [5.74, 6) is -0.158. The van der Waals surface area contributed by atoms with Gasteiger partial charge >= 0.3 is 0 Å². The zero-order valence-electron chi connectivity index (χ0n) is 11.6. The Kier molecular flexibility index (Phi) is 4.64. The van der Waals surface area contributed by atoms with E-state index in [1.807, 2.05) is 6.92 Å². The summed E-state index contributed by atoms with van der Waals surface area (Å²) in [6.45, 7) is 3.19. The number of hydrogen-bond acceptors (Lipinski definition) is 5. The number of nitrogens with zero attached hydrogens (tertiary/aromatic N) is 1. The molecule has 7 nitrogen and oxygen atoms in total. The third-order valence-corrected chi connectivity index (χ3v) is 5.50. The van der Waals surface area contributed by atoms with Crippen molar-refractivity contribution >= 4 is 21.7 Å². The van der Waals surface area contributed by atoms with Crippen LogP contribution >= 0.6 is 0 Å². The molecule has 114 valence electrons. The van der Waals surface area contributed by atoms with Crippen LogP contribution in [0.2, 0.25) is 0 Å². The van der Waals surface area contributed by atoms with E-state index >= 15 is 0 Å². The number of piperazine rings is 1. The van der Waals surface area contributed by atoms with Gasteiger partial charge in [0.2, 0.25) is 11.8 Å². The van der Waals surface area contributed by atoms with E-state index in [2.05, 4.69) is 10.6 Å². The second-order valence-corrected chi connectivity index (χ2v) is 7.50. The summed E-state index contributed by atoms with van der Waals surface area (Å²) in [5.41, 5.74) is 0. The topological polar surface area (TPSA) is 95.6 Å². The van der Waals surface area contributed by atoms with Crippen molar-refractivity contribution in [2.45, 2.75) is 31.8 Å². The van der Waals surface area contributed by atoms with Gasteiger partial charge < -0.3 is 15.5 Å². The van der Waals surface area contributed by atoms with Crippen LogP contribution in [0.25, 0.3) is 0 Å². The number of sulfone groups is 1. The lowest BCUT2D eigenvalue weighted by Gasteiger charge is -2.35. The van der Waals surface area contributed by atoms with Crippen LogP contribution in [0.1, 0.15) is 19.8 Å². The Morgan fingerprint density at radius 1 is 1.40 bits per heavy atom. The normalized spacial score (nSPS) is 29.9. The first kappa shape index (κ1) is 15.2. The highest BCUT2D eigenvalue weighted by Crippen LogP contribution is 2.13. The molecule has 2 amide bonds. The molecule has 20 heavy (non-hydrogen) atoms. The second-order valence-electron chi connectivity index (χ2n) is 5.27. The standard InChI is InChI=1S/C12H21N3O4S/c1-2-10-12(17)14-3-5-15(10)11(16)7-9-8-20(18,19)6-4-13-9/h9-10,13H,2-8H2,1H3,(H,14,17). The molecule has 8 heteroatoms. The summed E-state index contributed by atoms with van der Waals surface area (Å²) in [5, 5.41) is 5.80. The average Bonchev–Trinajstić information content (AvgIpc) is 2.37. The largest absolute Gasteiger partial charge is 0.353 e. The van der Waals surface area contributed by atoms with Crippen LogP contribution in [-0.2, 0) is 19.4 Å². The van der Waals surface area contributed by atoms with Gasteiger partial charge in [-0.25, -0.2) is 8.42 Å². The SMILES string of the molecule is CCC1C(=O)NCCN1C(=O)CC1CS(=O)(=O)CCN1. The van der Waals surface area contributed by atoms with E-state index in [0.29, 0.717) is 26.1 Å². The molecule has 2 fully saturated rings. The monoisotopic (exact) mass is 303 g/mol. The Morgan fingerprint density at radius 3 is 2.80 bits per heavy atom. The van der Waals surface area contributed by atoms with Crippen molar-refractivity contribution in [3.05, 3.63) is 0 Å². The molecule has 0 bridgehead atoms. The first-order valence-electron chi connectivity index (χ1n) is 6.94. The molecule has 0 radical (unpaired) electrons. The van der Waals surface area contributed by atoms with E-state index in [9.17, 15) is 18.0 Å². The molecule has 2 aliphatic heterocycles. The fourth-order valence-electron chi connectivity index (χ4n) is 2.75. The Bertz CT molecular complexity index is 491.